The lowest BCUT2D eigenvalue weighted by Crippen LogP contribution is -2.05. The number of fused-ring (bicyclic) bond motifs is 1. The van der Waals surface area contributed by atoms with Gasteiger partial charge in [-0.2, -0.15) is 0 Å². The van der Waals surface area contributed by atoms with E-state index in [1.165, 1.54) is 5.57 Å². The van der Waals surface area contributed by atoms with E-state index in [2.05, 4.69) is 47.3 Å². The van der Waals surface area contributed by atoms with Crippen LogP contribution < -0.4 is 0 Å². The van der Waals surface area contributed by atoms with Gasteiger partial charge in [0.1, 0.15) is 0 Å². The van der Waals surface area contributed by atoms with Crippen LogP contribution in [0.25, 0.3) is 0 Å². The molecule has 2 unspecified atom stereocenters. The topological polar surface area (TPSA) is 24.7 Å². The predicted molar refractivity (Wildman–Crippen MR) is 70.3 cm³/mol. The number of hydrogen-bond acceptors (Lipinski definition) is 2. The Morgan fingerprint density at radius 3 is 3.00 bits per heavy atom. The van der Waals surface area contributed by atoms with E-state index < -0.39 is 0 Å². The highest BCUT2D eigenvalue weighted by atomic mass is 14.8. The van der Waals surface area contributed by atoms with E-state index in [4.69, 9.17) is 0 Å². The van der Waals surface area contributed by atoms with Crippen molar-refractivity contribution in [1.82, 2.24) is 0 Å². The largest absolute Gasteiger partial charge is 0.291 e. The first-order valence-electron chi connectivity index (χ1n) is 5.61. The van der Waals surface area contributed by atoms with Gasteiger partial charge in [0.15, 0.2) is 0 Å². The normalized spacial score (nSPS) is 34.4. The molecule has 16 heavy (non-hydrogen) atoms. The summed E-state index contributed by atoms with van der Waals surface area (Å²) in [6, 6.07) is 0.160. The second-order valence-corrected chi connectivity index (χ2v) is 4.01. The maximum atomic E-state index is 4.41. The van der Waals surface area contributed by atoms with Gasteiger partial charge in [-0.1, -0.05) is 37.3 Å². The van der Waals surface area contributed by atoms with Crippen molar-refractivity contribution in [3.05, 3.63) is 48.1 Å². The molecule has 2 aliphatic heterocycles. The quantitative estimate of drug-likeness (QED) is 0.590. The van der Waals surface area contributed by atoms with Crippen LogP contribution in [0.1, 0.15) is 6.92 Å². The first-order chi connectivity index (χ1) is 7.84. The highest BCUT2D eigenvalue weighted by molar-refractivity contribution is 5.74. The molecule has 0 N–H and O–H groups in total. The van der Waals surface area contributed by atoms with Gasteiger partial charge < -0.3 is 0 Å². The molecule has 0 aliphatic carbocycles. The van der Waals surface area contributed by atoms with Gasteiger partial charge in [0.2, 0.25) is 0 Å². The van der Waals surface area contributed by atoms with Gasteiger partial charge in [-0.15, -0.1) is 0 Å². The minimum absolute atomic E-state index is 0.160. The number of nitrogens with zero attached hydrogens (tertiary/aromatic N) is 2. The van der Waals surface area contributed by atoms with Crippen LogP contribution in [-0.2, 0) is 0 Å². The van der Waals surface area contributed by atoms with E-state index in [9.17, 15) is 0 Å². The molecule has 2 nitrogen and oxygen atoms in total. The first-order valence-corrected chi connectivity index (χ1v) is 5.61. The molecule has 0 fully saturated rings. The van der Waals surface area contributed by atoms with Gasteiger partial charge in [0, 0.05) is 12.4 Å². The summed E-state index contributed by atoms with van der Waals surface area (Å²) < 4.78 is 0. The lowest BCUT2D eigenvalue weighted by Gasteiger charge is -2.03. The summed E-state index contributed by atoms with van der Waals surface area (Å²) in [7, 11) is 0. The third kappa shape index (κ3) is 3.16. The molecule has 2 heterocycles. The van der Waals surface area contributed by atoms with Crippen LogP contribution in [-0.4, -0.2) is 25.0 Å². The van der Waals surface area contributed by atoms with Crippen LogP contribution in [0.4, 0.5) is 0 Å². The molecule has 2 atom stereocenters. The van der Waals surface area contributed by atoms with E-state index in [1.54, 1.807) is 0 Å². The van der Waals surface area contributed by atoms with Crippen LogP contribution in [0.2, 0.25) is 0 Å². The smallest absolute Gasteiger partial charge is 0.0883 e. The van der Waals surface area contributed by atoms with Crippen molar-refractivity contribution in [1.29, 1.82) is 0 Å². The van der Waals surface area contributed by atoms with Crippen molar-refractivity contribution >= 4 is 12.4 Å². The zero-order valence-electron chi connectivity index (χ0n) is 9.45. The molecule has 0 aromatic rings. The Kier molecular flexibility index (Phi) is 3.65. The number of rotatable bonds is 0. The third-order valence-corrected chi connectivity index (χ3v) is 2.53. The molecule has 2 rings (SSSR count). The van der Waals surface area contributed by atoms with Crippen LogP contribution in [0.15, 0.2) is 58.1 Å². The number of hydrogen-bond donors (Lipinski definition) is 0. The third-order valence-electron chi connectivity index (χ3n) is 2.53. The summed E-state index contributed by atoms with van der Waals surface area (Å²) >= 11 is 0. The van der Waals surface area contributed by atoms with E-state index >= 15 is 0 Å². The molecule has 0 saturated carbocycles. The minimum Gasteiger partial charge on any atom is -0.291 e. The van der Waals surface area contributed by atoms with Crippen LogP contribution in [0, 0.1) is 5.92 Å². The Balaban J connectivity index is 2.28. The van der Waals surface area contributed by atoms with E-state index in [-0.39, 0.29) is 6.04 Å². The van der Waals surface area contributed by atoms with Gasteiger partial charge in [0.05, 0.1) is 12.6 Å². The molecule has 2 heteroatoms. The van der Waals surface area contributed by atoms with Crippen molar-refractivity contribution in [3.63, 3.8) is 0 Å². The molecule has 2 aliphatic rings. The number of aliphatic imine (C=N–C) groups is 2. The Bertz CT molecular complexity index is 408. The van der Waals surface area contributed by atoms with Crippen molar-refractivity contribution in [2.75, 3.05) is 6.54 Å². The lowest BCUT2D eigenvalue weighted by atomic mass is 10.1. The van der Waals surface area contributed by atoms with Crippen LogP contribution in [0.5, 0.6) is 0 Å². The highest BCUT2D eigenvalue weighted by Crippen LogP contribution is 2.11. The molecule has 0 radical (unpaired) electrons. The summed E-state index contributed by atoms with van der Waals surface area (Å²) in [5.74, 6) is 0.432. The van der Waals surface area contributed by atoms with Crippen molar-refractivity contribution in [2.24, 2.45) is 15.9 Å². The van der Waals surface area contributed by atoms with E-state index in [0.717, 1.165) is 0 Å². The standard InChI is InChI=1S/C14H16N2/c1-12-4-2-8-15-11-14-10-13(7-6-12)5-3-9-16-14/h2-10,12,14H,11H2,1H3/b4-2-,7-6-,15-8-. The second-order valence-electron chi connectivity index (χ2n) is 4.01. The summed E-state index contributed by atoms with van der Waals surface area (Å²) in [4.78, 5) is 8.75. The molecular formula is C14H16N2. The zero-order chi connectivity index (χ0) is 11.2. The molecular weight excluding hydrogens is 196 g/mol. The predicted octanol–water partition coefficient (Wildman–Crippen LogP) is 2.75. The molecule has 0 saturated heterocycles. The van der Waals surface area contributed by atoms with Crippen LogP contribution in [0.3, 0.4) is 0 Å². The molecule has 2 bridgehead atoms. The summed E-state index contributed by atoms with van der Waals surface area (Å²) in [6.07, 6.45) is 18.4. The molecule has 0 aromatic heterocycles. The summed E-state index contributed by atoms with van der Waals surface area (Å²) in [5.41, 5.74) is 1.21. The maximum Gasteiger partial charge on any atom is 0.0883 e. The van der Waals surface area contributed by atoms with Crippen molar-refractivity contribution in [2.45, 2.75) is 13.0 Å². The summed E-state index contributed by atoms with van der Waals surface area (Å²) in [6.45, 7) is 2.88. The SMILES string of the molecule is CC1/C=C\C=N/CC2C=C(C=CC=N2)/C=C\1. The minimum atomic E-state index is 0.160. The lowest BCUT2D eigenvalue weighted by molar-refractivity contribution is 0.832. The van der Waals surface area contributed by atoms with Gasteiger partial charge >= 0.3 is 0 Å². The molecule has 0 amide bonds. The zero-order valence-corrected chi connectivity index (χ0v) is 9.45. The Morgan fingerprint density at radius 1 is 1.12 bits per heavy atom. The van der Waals surface area contributed by atoms with Crippen LogP contribution >= 0.6 is 0 Å². The second kappa shape index (κ2) is 5.40. The summed E-state index contributed by atoms with van der Waals surface area (Å²) in [5, 5.41) is 0. The fourth-order valence-electron chi connectivity index (χ4n) is 1.63. The van der Waals surface area contributed by atoms with E-state index in [1.807, 2.05) is 24.6 Å². The van der Waals surface area contributed by atoms with Gasteiger partial charge in [-0.25, -0.2) is 0 Å². The fourth-order valence-corrected chi connectivity index (χ4v) is 1.63. The average molecular weight is 212 g/mol. The molecule has 82 valence electrons. The Labute approximate surface area is 96.5 Å². The molecule has 0 spiro atoms. The van der Waals surface area contributed by atoms with Crippen molar-refractivity contribution < 1.29 is 0 Å². The monoisotopic (exact) mass is 212 g/mol. The number of allylic oxidation sites excluding steroid dienone is 7. The Morgan fingerprint density at radius 2 is 2.06 bits per heavy atom. The van der Waals surface area contributed by atoms with Gasteiger partial charge in [-0.05, 0) is 23.6 Å². The van der Waals surface area contributed by atoms with E-state index in [0.29, 0.717) is 12.5 Å². The Hall–Kier alpha value is -1.70. The highest BCUT2D eigenvalue weighted by Gasteiger charge is 2.03. The first kappa shape index (κ1) is 10.8. The fraction of sp³-hybridized carbons (Fsp3) is 0.286. The van der Waals surface area contributed by atoms with Gasteiger partial charge in [0.25, 0.3) is 0 Å². The maximum absolute atomic E-state index is 4.41. The molecule has 0 aromatic carbocycles. The van der Waals surface area contributed by atoms with Gasteiger partial charge in [-0.3, -0.25) is 9.98 Å². The van der Waals surface area contributed by atoms with Crippen molar-refractivity contribution in [3.8, 4) is 0 Å². The average Bonchev–Trinajstić information content (AvgIpc) is 2.52.